The second-order valence-electron chi connectivity index (χ2n) is 4.81. The zero-order chi connectivity index (χ0) is 10.0. The highest BCUT2D eigenvalue weighted by Gasteiger charge is 2.55. The standard InChI is InChI=1S/C14H12O/c15-13-10-5-1-3-9-4-2-6-11(12(9)10)14(13)7-8-14/h1-6,13,15H,7-8H2. The maximum Gasteiger partial charge on any atom is 0.0892 e. The van der Waals surface area contributed by atoms with Crippen molar-refractivity contribution < 1.29 is 5.11 Å². The van der Waals surface area contributed by atoms with E-state index in [1.807, 2.05) is 6.07 Å². The number of aliphatic hydroxyl groups excluding tert-OH is 1. The predicted molar refractivity (Wildman–Crippen MR) is 59.8 cm³/mol. The van der Waals surface area contributed by atoms with Gasteiger partial charge in [-0.15, -0.1) is 0 Å². The zero-order valence-corrected chi connectivity index (χ0v) is 8.40. The zero-order valence-electron chi connectivity index (χ0n) is 8.40. The maximum absolute atomic E-state index is 10.4. The molecule has 1 spiro atoms. The van der Waals surface area contributed by atoms with Gasteiger partial charge in [0.15, 0.2) is 0 Å². The third-order valence-corrected chi connectivity index (χ3v) is 4.08. The van der Waals surface area contributed by atoms with E-state index in [0.29, 0.717) is 0 Å². The Balaban J connectivity index is 2.22. The molecule has 0 amide bonds. The summed E-state index contributed by atoms with van der Waals surface area (Å²) in [6.45, 7) is 0. The molecule has 2 aliphatic rings. The summed E-state index contributed by atoms with van der Waals surface area (Å²) < 4.78 is 0. The van der Waals surface area contributed by atoms with Crippen molar-refractivity contribution in [3.05, 3.63) is 47.5 Å². The highest BCUT2D eigenvalue weighted by molar-refractivity contribution is 5.93. The van der Waals surface area contributed by atoms with E-state index in [1.54, 1.807) is 0 Å². The lowest BCUT2D eigenvalue weighted by Crippen LogP contribution is -2.11. The molecule has 1 N–H and O–H groups in total. The molecule has 15 heavy (non-hydrogen) atoms. The molecule has 0 heterocycles. The summed E-state index contributed by atoms with van der Waals surface area (Å²) in [4.78, 5) is 0. The van der Waals surface area contributed by atoms with Crippen LogP contribution in [0.15, 0.2) is 36.4 Å². The van der Waals surface area contributed by atoms with Crippen LogP contribution >= 0.6 is 0 Å². The molecule has 74 valence electrons. The van der Waals surface area contributed by atoms with Crippen molar-refractivity contribution in [2.45, 2.75) is 24.4 Å². The first kappa shape index (κ1) is 7.89. The van der Waals surface area contributed by atoms with Crippen molar-refractivity contribution in [2.75, 3.05) is 0 Å². The van der Waals surface area contributed by atoms with Crippen molar-refractivity contribution >= 4 is 10.8 Å². The molecule has 1 fully saturated rings. The van der Waals surface area contributed by atoms with Gasteiger partial charge in [-0.1, -0.05) is 36.4 Å². The van der Waals surface area contributed by atoms with Crippen molar-refractivity contribution in [1.29, 1.82) is 0 Å². The van der Waals surface area contributed by atoms with Crippen LogP contribution in [-0.2, 0) is 5.41 Å². The Morgan fingerprint density at radius 2 is 1.80 bits per heavy atom. The monoisotopic (exact) mass is 196 g/mol. The van der Waals surface area contributed by atoms with Crippen LogP contribution in [-0.4, -0.2) is 5.11 Å². The molecular weight excluding hydrogens is 184 g/mol. The van der Waals surface area contributed by atoms with Gasteiger partial charge in [-0.2, -0.15) is 0 Å². The van der Waals surface area contributed by atoms with Crippen molar-refractivity contribution in [3.63, 3.8) is 0 Å². The lowest BCUT2D eigenvalue weighted by atomic mass is 9.95. The second-order valence-corrected chi connectivity index (χ2v) is 4.81. The minimum atomic E-state index is -0.265. The maximum atomic E-state index is 10.4. The molecule has 0 aliphatic heterocycles. The van der Waals surface area contributed by atoms with Gasteiger partial charge in [-0.05, 0) is 34.7 Å². The van der Waals surface area contributed by atoms with Gasteiger partial charge in [-0.25, -0.2) is 0 Å². The Labute approximate surface area is 88.4 Å². The molecule has 4 rings (SSSR count). The van der Waals surface area contributed by atoms with E-state index in [0.717, 1.165) is 18.4 Å². The van der Waals surface area contributed by atoms with Gasteiger partial charge < -0.3 is 5.11 Å². The van der Waals surface area contributed by atoms with Gasteiger partial charge in [0.2, 0.25) is 0 Å². The fourth-order valence-corrected chi connectivity index (χ4v) is 3.14. The molecule has 0 saturated heterocycles. The number of rotatable bonds is 0. The molecule has 1 atom stereocenters. The van der Waals surface area contributed by atoms with Crippen LogP contribution in [0.5, 0.6) is 0 Å². The highest BCUT2D eigenvalue weighted by Crippen LogP contribution is 2.63. The summed E-state index contributed by atoms with van der Waals surface area (Å²) in [5.74, 6) is 0. The molecule has 0 bridgehead atoms. The van der Waals surface area contributed by atoms with Gasteiger partial charge in [0.25, 0.3) is 0 Å². The molecular formula is C14H12O. The van der Waals surface area contributed by atoms with Crippen LogP contribution in [0.2, 0.25) is 0 Å². The summed E-state index contributed by atoms with van der Waals surface area (Å²) in [6.07, 6.45) is 2.02. The summed E-state index contributed by atoms with van der Waals surface area (Å²) in [5, 5.41) is 12.9. The first-order valence-corrected chi connectivity index (χ1v) is 5.53. The third-order valence-electron chi connectivity index (χ3n) is 4.08. The lowest BCUT2D eigenvalue weighted by Gasteiger charge is -2.13. The van der Waals surface area contributed by atoms with Crippen molar-refractivity contribution in [1.82, 2.24) is 0 Å². The van der Waals surface area contributed by atoms with E-state index in [9.17, 15) is 5.11 Å². The second kappa shape index (κ2) is 2.25. The summed E-state index contributed by atoms with van der Waals surface area (Å²) >= 11 is 0. The molecule has 1 nitrogen and oxygen atoms in total. The van der Waals surface area contributed by atoms with Crippen LogP contribution in [0.25, 0.3) is 10.8 Å². The minimum Gasteiger partial charge on any atom is -0.387 e. The SMILES string of the molecule is OC1c2cccc3cccc(c23)C12CC2. The molecule has 2 aromatic rings. The van der Waals surface area contributed by atoms with E-state index in [1.165, 1.54) is 16.3 Å². The van der Waals surface area contributed by atoms with Crippen LogP contribution in [0.3, 0.4) is 0 Å². The largest absolute Gasteiger partial charge is 0.387 e. The Kier molecular flexibility index (Phi) is 1.18. The molecule has 0 aromatic heterocycles. The summed E-state index contributed by atoms with van der Waals surface area (Å²) in [6, 6.07) is 12.7. The molecule has 2 aromatic carbocycles. The number of hydrogen-bond donors (Lipinski definition) is 1. The summed E-state index contributed by atoms with van der Waals surface area (Å²) in [7, 11) is 0. The average Bonchev–Trinajstić information content (AvgIpc) is 3.03. The predicted octanol–water partition coefficient (Wildman–Crippen LogP) is 2.92. The normalized spacial score (nSPS) is 25.0. The van der Waals surface area contributed by atoms with Crippen LogP contribution in [0.1, 0.15) is 30.1 Å². The number of benzene rings is 2. The first-order valence-electron chi connectivity index (χ1n) is 5.53. The van der Waals surface area contributed by atoms with E-state index in [4.69, 9.17) is 0 Å². The molecule has 1 heteroatoms. The van der Waals surface area contributed by atoms with Crippen LogP contribution in [0, 0.1) is 0 Å². The Bertz CT molecular complexity index is 561. The molecule has 1 saturated carbocycles. The van der Waals surface area contributed by atoms with Crippen LogP contribution in [0.4, 0.5) is 0 Å². The smallest absolute Gasteiger partial charge is 0.0892 e. The van der Waals surface area contributed by atoms with E-state index in [2.05, 4.69) is 30.3 Å². The average molecular weight is 196 g/mol. The molecule has 0 radical (unpaired) electrons. The number of fused-ring (bicyclic) bond motifs is 1. The first-order chi connectivity index (χ1) is 7.33. The number of aliphatic hydroxyl groups is 1. The number of hydrogen-bond acceptors (Lipinski definition) is 1. The van der Waals surface area contributed by atoms with Crippen molar-refractivity contribution in [3.8, 4) is 0 Å². The van der Waals surface area contributed by atoms with Gasteiger partial charge in [0, 0.05) is 5.41 Å². The molecule has 1 unspecified atom stereocenters. The Morgan fingerprint density at radius 3 is 2.53 bits per heavy atom. The van der Waals surface area contributed by atoms with Gasteiger partial charge in [0.1, 0.15) is 0 Å². The van der Waals surface area contributed by atoms with Crippen LogP contribution < -0.4 is 0 Å². The van der Waals surface area contributed by atoms with E-state index >= 15 is 0 Å². The van der Waals surface area contributed by atoms with Gasteiger partial charge in [0.05, 0.1) is 6.10 Å². The van der Waals surface area contributed by atoms with Gasteiger partial charge >= 0.3 is 0 Å². The van der Waals surface area contributed by atoms with E-state index in [-0.39, 0.29) is 11.5 Å². The lowest BCUT2D eigenvalue weighted by molar-refractivity contribution is 0.141. The fourth-order valence-electron chi connectivity index (χ4n) is 3.14. The van der Waals surface area contributed by atoms with E-state index < -0.39 is 0 Å². The van der Waals surface area contributed by atoms with Gasteiger partial charge in [-0.3, -0.25) is 0 Å². The Hall–Kier alpha value is -1.34. The van der Waals surface area contributed by atoms with Crippen molar-refractivity contribution in [2.24, 2.45) is 0 Å². The highest BCUT2D eigenvalue weighted by atomic mass is 16.3. The quantitative estimate of drug-likeness (QED) is 0.687. The molecule has 2 aliphatic carbocycles. The fraction of sp³-hybridized carbons (Fsp3) is 0.286. The Morgan fingerprint density at radius 1 is 1.07 bits per heavy atom. The summed E-state index contributed by atoms with van der Waals surface area (Å²) in [5.41, 5.74) is 2.60. The third kappa shape index (κ3) is 0.755. The minimum absolute atomic E-state index is 0.0865. The topological polar surface area (TPSA) is 20.2 Å².